The van der Waals surface area contributed by atoms with E-state index in [1.165, 1.54) is 5.56 Å². The number of hydrogen-bond acceptors (Lipinski definition) is 4. The van der Waals surface area contributed by atoms with Gasteiger partial charge in [0.1, 0.15) is 11.5 Å². The van der Waals surface area contributed by atoms with Crippen LogP contribution in [0.3, 0.4) is 0 Å². The molecule has 3 aliphatic heterocycles. The molecule has 2 aromatic rings. The summed E-state index contributed by atoms with van der Waals surface area (Å²) in [6.07, 6.45) is 2.34. The summed E-state index contributed by atoms with van der Waals surface area (Å²) in [5.41, 5.74) is 2.18. The van der Waals surface area contributed by atoms with Gasteiger partial charge in [-0.05, 0) is 42.6 Å². The Labute approximate surface area is 221 Å². The van der Waals surface area contributed by atoms with Crippen molar-refractivity contribution in [2.75, 3.05) is 50.8 Å². The van der Waals surface area contributed by atoms with Crippen LogP contribution in [0, 0.1) is 0 Å². The van der Waals surface area contributed by atoms with E-state index in [4.69, 9.17) is 23.2 Å². The van der Waals surface area contributed by atoms with Crippen LogP contribution in [0.15, 0.2) is 48.5 Å². The molecular formula is C27H33Cl2N3O2S. The van der Waals surface area contributed by atoms with Gasteiger partial charge in [0.25, 0.3) is 0 Å². The summed E-state index contributed by atoms with van der Waals surface area (Å²) in [7, 11) is 0. The van der Waals surface area contributed by atoms with Crippen LogP contribution < -0.4 is 0 Å². The molecule has 0 aromatic heterocycles. The first-order valence-corrected chi connectivity index (χ1v) is 14.7. The van der Waals surface area contributed by atoms with Gasteiger partial charge in [-0.3, -0.25) is 9.69 Å². The van der Waals surface area contributed by atoms with Crippen LogP contribution in [0.25, 0.3) is 0 Å². The SMILES string of the molecule is O=C1CCC(CCN2CC(N3CC[S+]([O-])CC3)C2)(c2ccc(Cl)c(Cl)c2)CN1Cc1ccccc1. The summed E-state index contributed by atoms with van der Waals surface area (Å²) in [6.45, 7) is 6.35. The lowest BCUT2D eigenvalue weighted by molar-refractivity contribution is -0.136. The van der Waals surface area contributed by atoms with Crippen molar-refractivity contribution in [3.05, 3.63) is 69.7 Å². The van der Waals surface area contributed by atoms with Gasteiger partial charge in [-0.15, -0.1) is 0 Å². The number of rotatable bonds is 7. The lowest BCUT2D eigenvalue weighted by atomic mass is 9.71. The molecule has 188 valence electrons. The van der Waals surface area contributed by atoms with Crippen molar-refractivity contribution in [2.45, 2.75) is 37.3 Å². The number of likely N-dealkylation sites (tertiary alicyclic amines) is 2. The smallest absolute Gasteiger partial charge is 0.222 e. The van der Waals surface area contributed by atoms with Gasteiger partial charge in [0.15, 0.2) is 0 Å². The van der Waals surface area contributed by atoms with Gasteiger partial charge in [0.05, 0.1) is 10.0 Å². The van der Waals surface area contributed by atoms with Crippen molar-refractivity contribution in [2.24, 2.45) is 0 Å². The maximum Gasteiger partial charge on any atom is 0.222 e. The molecule has 0 bridgehead atoms. The van der Waals surface area contributed by atoms with Crippen LogP contribution in [0.4, 0.5) is 0 Å². The van der Waals surface area contributed by atoms with Crippen LogP contribution in [0.5, 0.6) is 0 Å². The highest BCUT2D eigenvalue weighted by molar-refractivity contribution is 7.91. The van der Waals surface area contributed by atoms with E-state index >= 15 is 0 Å². The first kappa shape index (κ1) is 25.4. The molecule has 0 saturated carbocycles. The van der Waals surface area contributed by atoms with Gasteiger partial charge in [-0.1, -0.05) is 70.8 Å². The van der Waals surface area contributed by atoms with Gasteiger partial charge >= 0.3 is 0 Å². The Morgan fingerprint density at radius 2 is 1.77 bits per heavy atom. The molecule has 3 fully saturated rings. The number of hydrogen-bond donors (Lipinski definition) is 0. The average Bonchev–Trinajstić information content (AvgIpc) is 2.83. The predicted octanol–water partition coefficient (Wildman–Crippen LogP) is 4.19. The van der Waals surface area contributed by atoms with Crippen molar-refractivity contribution in [1.82, 2.24) is 14.7 Å². The first-order valence-electron chi connectivity index (χ1n) is 12.5. The fourth-order valence-electron chi connectivity index (χ4n) is 5.74. The highest BCUT2D eigenvalue weighted by Gasteiger charge is 2.42. The standard InChI is InChI=1S/C27H33Cl2N3O2S/c28-24-7-6-22(16-25(24)29)27(9-8-26(33)32(20-27)17-21-4-2-1-3-5-21)10-11-30-18-23(19-30)31-12-14-35(34)15-13-31/h1-7,16,23H,8-15,17-20H2. The molecular weight excluding hydrogens is 501 g/mol. The number of carbonyl (C=O) groups excluding carboxylic acids is 1. The van der Waals surface area contributed by atoms with Crippen LogP contribution in [0.1, 0.15) is 30.4 Å². The van der Waals surface area contributed by atoms with Crippen LogP contribution >= 0.6 is 23.2 Å². The molecule has 0 N–H and O–H groups in total. The van der Waals surface area contributed by atoms with Gasteiger partial charge in [0, 0.05) is 57.1 Å². The minimum Gasteiger partial charge on any atom is -0.616 e. The van der Waals surface area contributed by atoms with Gasteiger partial charge in [0.2, 0.25) is 5.91 Å². The van der Waals surface area contributed by atoms with Crippen molar-refractivity contribution in [3.8, 4) is 0 Å². The van der Waals surface area contributed by atoms with Gasteiger partial charge in [-0.25, -0.2) is 0 Å². The van der Waals surface area contributed by atoms with E-state index in [-0.39, 0.29) is 11.3 Å². The molecule has 3 aliphatic rings. The summed E-state index contributed by atoms with van der Waals surface area (Å²) in [4.78, 5) is 20.0. The van der Waals surface area contributed by atoms with Crippen LogP contribution in [-0.2, 0) is 27.9 Å². The molecule has 8 heteroatoms. The Balaban J connectivity index is 1.29. The highest BCUT2D eigenvalue weighted by Crippen LogP contribution is 2.41. The van der Waals surface area contributed by atoms with Gasteiger partial charge in [-0.2, -0.15) is 0 Å². The monoisotopic (exact) mass is 533 g/mol. The summed E-state index contributed by atoms with van der Waals surface area (Å²) in [6, 6.07) is 16.8. The molecule has 2 aromatic carbocycles. The number of nitrogens with zero attached hydrogens (tertiary/aromatic N) is 3. The predicted molar refractivity (Wildman–Crippen MR) is 144 cm³/mol. The molecule has 3 saturated heterocycles. The molecule has 35 heavy (non-hydrogen) atoms. The quantitative estimate of drug-likeness (QED) is 0.500. The number of piperidine rings is 1. The van der Waals surface area contributed by atoms with Crippen LogP contribution in [-0.4, -0.2) is 82.0 Å². The third-order valence-electron chi connectivity index (χ3n) is 7.99. The number of halogens is 2. The molecule has 0 radical (unpaired) electrons. The fourth-order valence-corrected chi connectivity index (χ4v) is 7.12. The Morgan fingerprint density at radius 1 is 1.03 bits per heavy atom. The average molecular weight is 535 g/mol. The van der Waals surface area contributed by atoms with Crippen molar-refractivity contribution < 1.29 is 9.35 Å². The second-order valence-electron chi connectivity index (χ2n) is 10.2. The van der Waals surface area contributed by atoms with Crippen molar-refractivity contribution >= 4 is 40.3 Å². The lowest BCUT2D eigenvalue weighted by Crippen LogP contribution is -2.62. The molecule has 1 atom stereocenters. The second kappa shape index (κ2) is 11.0. The van der Waals surface area contributed by atoms with E-state index in [2.05, 4.69) is 28.0 Å². The third kappa shape index (κ3) is 5.84. The number of carbonyl (C=O) groups is 1. The van der Waals surface area contributed by atoms with E-state index in [1.54, 1.807) is 0 Å². The summed E-state index contributed by atoms with van der Waals surface area (Å²) in [5, 5.41) is 1.13. The maximum absolute atomic E-state index is 12.9. The molecule has 0 spiro atoms. The first-order chi connectivity index (χ1) is 16.9. The maximum atomic E-state index is 12.9. The van der Waals surface area contributed by atoms with Gasteiger partial charge < -0.3 is 14.4 Å². The van der Waals surface area contributed by atoms with E-state index < -0.39 is 11.2 Å². The Bertz CT molecular complexity index is 1030. The Hall–Kier alpha value is -1.28. The number of benzene rings is 2. The topological polar surface area (TPSA) is 49.9 Å². The molecule has 1 unspecified atom stereocenters. The molecule has 1 amide bonds. The Kier molecular flexibility index (Phi) is 7.97. The fraction of sp³-hybridized carbons (Fsp3) is 0.519. The third-order valence-corrected chi connectivity index (χ3v) is 10.00. The van der Waals surface area contributed by atoms with Crippen molar-refractivity contribution in [3.63, 3.8) is 0 Å². The molecule has 5 rings (SSSR count). The minimum absolute atomic E-state index is 0.149. The van der Waals surface area contributed by atoms with E-state index in [0.717, 1.165) is 62.6 Å². The normalized spacial score (nSPS) is 25.1. The second-order valence-corrected chi connectivity index (χ2v) is 12.7. The number of amides is 1. The zero-order chi connectivity index (χ0) is 24.4. The molecule has 5 nitrogen and oxygen atoms in total. The summed E-state index contributed by atoms with van der Waals surface area (Å²) < 4.78 is 11.7. The summed E-state index contributed by atoms with van der Waals surface area (Å²) in [5.74, 6) is 1.83. The minimum atomic E-state index is -0.630. The zero-order valence-electron chi connectivity index (χ0n) is 20.0. The van der Waals surface area contributed by atoms with Crippen molar-refractivity contribution in [1.29, 1.82) is 0 Å². The largest absolute Gasteiger partial charge is 0.616 e. The molecule has 3 heterocycles. The van der Waals surface area contributed by atoms with E-state index in [9.17, 15) is 9.35 Å². The zero-order valence-corrected chi connectivity index (χ0v) is 22.3. The van der Waals surface area contributed by atoms with Crippen LogP contribution in [0.2, 0.25) is 10.0 Å². The molecule has 0 aliphatic carbocycles. The van der Waals surface area contributed by atoms with E-state index in [1.807, 2.05) is 35.2 Å². The lowest BCUT2D eigenvalue weighted by Gasteiger charge is -2.49. The summed E-state index contributed by atoms with van der Waals surface area (Å²) >= 11 is 12.1. The Morgan fingerprint density at radius 3 is 2.49 bits per heavy atom. The highest BCUT2D eigenvalue weighted by atomic mass is 35.5. The van der Waals surface area contributed by atoms with E-state index in [0.29, 0.717) is 35.6 Å².